The van der Waals surface area contributed by atoms with E-state index in [4.69, 9.17) is 9.47 Å². The third kappa shape index (κ3) is 3.85. The summed E-state index contributed by atoms with van der Waals surface area (Å²) in [6.07, 6.45) is 2.01. The minimum Gasteiger partial charge on any atom is -0.496 e. The van der Waals surface area contributed by atoms with Gasteiger partial charge in [-0.1, -0.05) is 43.7 Å². The lowest BCUT2D eigenvalue weighted by atomic mass is 10.0. The largest absolute Gasteiger partial charge is 0.496 e. The van der Waals surface area contributed by atoms with Crippen molar-refractivity contribution in [1.82, 2.24) is 4.90 Å². The van der Waals surface area contributed by atoms with E-state index in [1.807, 2.05) is 53.4 Å². The van der Waals surface area contributed by atoms with Crippen LogP contribution in [0.4, 0.5) is 0 Å². The molecule has 0 aliphatic carbocycles. The molecule has 25 heavy (non-hydrogen) atoms. The van der Waals surface area contributed by atoms with Crippen LogP contribution in [0.2, 0.25) is 0 Å². The standard InChI is InChI=1S/C21H25NO3/c1-3-7-18-15-25-13-12-22(18)21(23)17-9-6-8-16(14-17)19-10-4-5-11-20(19)24-2/h4-6,8-11,14,18H,3,7,12-13,15H2,1-2H3/t18-/m0/s1. The topological polar surface area (TPSA) is 38.8 Å². The number of hydrogen-bond acceptors (Lipinski definition) is 3. The van der Waals surface area contributed by atoms with Crippen molar-refractivity contribution in [3.05, 3.63) is 54.1 Å². The fourth-order valence-corrected chi connectivity index (χ4v) is 3.36. The second-order valence-electron chi connectivity index (χ2n) is 6.30. The first-order valence-corrected chi connectivity index (χ1v) is 8.86. The van der Waals surface area contributed by atoms with Crippen molar-refractivity contribution in [2.24, 2.45) is 0 Å². The third-order valence-electron chi connectivity index (χ3n) is 4.64. The van der Waals surface area contributed by atoms with Gasteiger partial charge in [0.25, 0.3) is 5.91 Å². The number of carbonyl (C=O) groups is 1. The van der Waals surface area contributed by atoms with E-state index < -0.39 is 0 Å². The number of morpholine rings is 1. The number of benzene rings is 2. The van der Waals surface area contributed by atoms with Crippen LogP contribution in [0.15, 0.2) is 48.5 Å². The molecule has 2 aromatic rings. The first-order chi connectivity index (χ1) is 12.2. The molecule has 132 valence electrons. The van der Waals surface area contributed by atoms with Crippen LogP contribution in [0, 0.1) is 0 Å². The zero-order valence-electron chi connectivity index (χ0n) is 14.9. The molecule has 0 bridgehead atoms. The van der Waals surface area contributed by atoms with Gasteiger partial charge >= 0.3 is 0 Å². The van der Waals surface area contributed by atoms with Gasteiger partial charge in [-0.2, -0.15) is 0 Å². The molecule has 3 rings (SSSR count). The highest BCUT2D eigenvalue weighted by Crippen LogP contribution is 2.30. The molecule has 0 spiro atoms. The molecule has 1 saturated heterocycles. The Labute approximate surface area is 149 Å². The smallest absolute Gasteiger partial charge is 0.254 e. The van der Waals surface area contributed by atoms with Crippen molar-refractivity contribution in [2.45, 2.75) is 25.8 Å². The second kappa shape index (κ2) is 8.17. The Hall–Kier alpha value is -2.33. The van der Waals surface area contributed by atoms with E-state index in [-0.39, 0.29) is 11.9 Å². The number of nitrogens with zero attached hydrogens (tertiary/aromatic N) is 1. The average molecular weight is 339 g/mol. The van der Waals surface area contributed by atoms with Gasteiger partial charge in [-0.3, -0.25) is 4.79 Å². The highest BCUT2D eigenvalue weighted by atomic mass is 16.5. The maximum absolute atomic E-state index is 13.1. The van der Waals surface area contributed by atoms with Crippen molar-refractivity contribution in [1.29, 1.82) is 0 Å². The number of methoxy groups -OCH3 is 1. The Morgan fingerprint density at radius 3 is 2.88 bits per heavy atom. The van der Waals surface area contributed by atoms with Crippen molar-refractivity contribution < 1.29 is 14.3 Å². The van der Waals surface area contributed by atoms with Crippen LogP contribution in [0.3, 0.4) is 0 Å². The Morgan fingerprint density at radius 2 is 2.08 bits per heavy atom. The molecule has 0 unspecified atom stereocenters. The summed E-state index contributed by atoms with van der Waals surface area (Å²) in [5.74, 6) is 0.890. The number of hydrogen-bond donors (Lipinski definition) is 0. The van der Waals surface area contributed by atoms with Crippen molar-refractivity contribution in [3.8, 4) is 16.9 Å². The second-order valence-corrected chi connectivity index (χ2v) is 6.30. The normalized spacial score (nSPS) is 17.4. The minimum atomic E-state index is 0.0819. The van der Waals surface area contributed by atoms with Crippen LogP contribution in [-0.2, 0) is 4.74 Å². The van der Waals surface area contributed by atoms with E-state index in [0.29, 0.717) is 25.3 Å². The quantitative estimate of drug-likeness (QED) is 0.826. The Kier molecular flexibility index (Phi) is 5.71. The van der Waals surface area contributed by atoms with Crippen molar-refractivity contribution >= 4 is 5.91 Å². The summed E-state index contributed by atoms with van der Waals surface area (Å²) in [5, 5.41) is 0. The average Bonchev–Trinajstić information content (AvgIpc) is 2.68. The van der Waals surface area contributed by atoms with Crippen LogP contribution in [0.25, 0.3) is 11.1 Å². The summed E-state index contributed by atoms with van der Waals surface area (Å²) in [5.41, 5.74) is 2.70. The van der Waals surface area contributed by atoms with Crippen LogP contribution < -0.4 is 4.74 Å². The number of para-hydroxylation sites is 1. The molecule has 1 aliphatic heterocycles. The van der Waals surface area contributed by atoms with Crippen LogP contribution in [0.5, 0.6) is 5.75 Å². The summed E-state index contributed by atoms with van der Waals surface area (Å²) in [4.78, 5) is 15.0. The van der Waals surface area contributed by atoms with E-state index >= 15 is 0 Å². The molecule has 0 aromatic heterocycles. The lowest BCUT2D eigenvalue weighted by molar-refractivity contribution is -0.00433. The predicted octanol–water partition coefficient (Wildman–Crippen LogP) is 4.00. The summed E-state index contributed by atoms with van der Waals surface area (Å²) in [7, 11) is 1.66. The van der Waals surface area contributed by atoms with Crippen LogP contribution in [0.1, 0.15) is 30.1 Å². The fourth-order valence-electron chi connectivity index (χ4n) is 3.36. The summed E-state index contributed by atoms with van der Waals surface area (Å²) in [6.45, 7) is 4.03. The van der Waals surface area contributed by atoms with Gasteiger partial charge in [0.2, 0.25) is 0 Å². The molecule has 1 fully saturated rings. The number of rotatable bonds is 5. The molecule has 4 nitrogen and oxygen atoms in total. The lowest BCUT2D eigenvalue weighted by Crippen LogP contribution is -2.48. The molecule has 1 amide bonds. The number of amides is 1. The molecule has 0 saturated carbocycles. The molecule has 1 atom stereocenters. The molecular formula is C21H25NO3. The Morgan fingerprint density at radius 1 is 1.24 bits per heavy atom. The minimum absolute atomic E-state index is 0.0819. The van der Waals surface area contributed by atoms with Crippen LogP contribution in [-0.4, -0.2) is 43.7 Å². The van der Waals surface area contributed by atoms with Gasteiger partial charge in [0, 0.05) is 17.7 Å². The van der Waals surface area contributed by atoms with Gasteiger partial charge in [0.05, 0.1) is 26.4 Å². The van der Waals surface area contributed by atoms with E-state index in [9.17, 15) is 4.79 Å². The highest BCUT2D eigenvalue weighted by molar-refractivity contribution is 5.96. The van der Waals surface area contributed by atoms with Gasteiger partial charge in [-0.05, 0) is 30.2 Å². The first kappa shape index (κ1) is 17.5. The monoisotopic (exact) mass is 339 g/mol. The van der Waals surface area contributed by atoms with E-state index in [1.54, 1.807) is 7.11 Å². The Bertz CT molecular complexity index is 727. The Balaban J connectivity index is 1.89. The van der Waals surface area contributed by atoms with Gasteiger partial charge in [0.15, 0.2) is 0 Å². The summed E-state index contributed by atoms with van der Waals surface area (Å²) >= 11 is 0. The summed E-state index contributed by atoms with van der Waals surface area (Å²) in [6, 6.07) is 15.8. The van der Waals surface area contributed by atoms with Gasteiger partial charge in [-0.25, -0.2) is 0 Å². The first-order valence-electron chi connectivity index (χ1n) is 8.86. The van der Waals surface area contributed by atoms with Crippen molar-refractivity contribution in [2.75, 3.05) is 26.9 Å². The molecule has 0 N–H and O–H groups in total. The highest BCUT2D eigenvalue weighted by Gasteiger charge is 2.27. The molecule has 1 heterocycles. The van der Waals surface area contributed by atoms with Gasteiger partial charge < -0.3 is 14.4 Å². The van der Waals surface area contributed by atoms with Crippen LogP contribution >= 0.6 is 0 Å². The van der Waals surface area contributed by atoms with Gasteiger partial charge in [0.1, 0.15) is 5.75 Å². The molecular weight excluding hydrogens is 314 g/mol. The molecule has 4 heteroatoms. The molecule has 2 aromatic carbocycles. The van der Waals surface area contributed by atoms with E-state index in [1.165, 1.54) is 0 Å². The maximum atomic E-state index is 13.1. The predicted molar refractivity (Wildman–Crippen MR) is 99.0 cm³/mol. The molecule has 0 radical (unpaired) electrons. The zero-order valence-corrected chi connectivity index (χ0v) is 14.9. The van der Waals surface area contributed by atoms with Crippen molar-refractivity contribution in [3.63, 3.8) is 0 Å². The van der Waals surface area contributed by atoms with E-state index in [2.05, 4.69) is 6.92 Å². The lowest BCUT2D eigenvalue weighted by Gasteiger charge is -2.35. The maximum Gasteiger partial charge on any atom is 0.254 e. The number of carbonyl (C=O) groups excluding carboxylic acids is 1. The summed E-state index contributed by atoms with van der Waals surface area (Å²) < 4.78 is 11.0. The fraction of sp³-hybridized carbons (Fsp3) is 0.381. The molecule has 1 aliphatic rings. The number of ether oxygens (including phenoxy) is 2. The SMILES string of the molecule is CCC[C@H]1COCCN1C(=O)c1cccc(-c2ccccc2OC)c1. The van der Waals surface area contributed by atoms with E-state index in [0.717, 1.165) is 29.7 Å². The van der Waals surface area contributed by atoms with Gasteiger partial charge in [-0.15, -0.1) is 0 Å². The zero-order chi connectivity index (χ0) is 17.6. The third-order valence-corrected chi connectivity index (χ3v) is 4.64.